The summed E-state index contributed by atoms with van der Waals surface area (Å²) in [6, 6.07) is 6.67. The smallest absolute Gasteiger partial charge is 0.333 e. The maximum atomic E-state index is 11.8. The van der Waals surface area contributed by atoms with Crippen molar-refractivity contribution in [3.05, 3.63) is 42.0 Å². The number of ketones is 1. The van der Waals surface area contributed by atoms with Gasteiger partial charge >= 0.3 is 5.97 Å². The van der Waals surface area contributed by atoms with E-state index in [9.17, 15) is 9.59 Å². The first kappa shape index (κ1) is 13.0. The van der Waals surface area contributed by atoms with Gasteiger partial charge in [0.05, 0.1) is 14.2 Å². The molecule has 0 unspecified atom stereocenters. The third kappa shape index (κ3) is 3.45. The van der Waals surface area contributed by atoms with Crippen molar-refractivity contribution < 1.29 is 19.1 Å². The Morgan fingerprint density at radius 1 is 1.18 bits per heavy atom. The van der Waals surface area contributed by atoms with E-state index in [0.29, 0.717) is 11.3 Å². The second-order valence-electron chi connectivity index (χ2n) is 3.42. The zero-order valence-corrected chi connectivity index (χ0v) is 9.86. The van der Waals surface area contributed by atoms with Crippen molar-refractivity contribution in [2.75, 3.05) is 14.2 Å². The van der Waals surface area contributed by atoms with E-state index in [0.717, 1.165) is 0 Å². The lowest BCUT2D eigenvalue weighted by molar-refractivity contribution is -0.136. The normalized spacial score (nSPS) is 9.53. The molecule has 0 aliphatic heterocycles. The Morgan fingerprint density at radius 2 is 1.76 bits per heavy atom. The maximum Gasteiger partial charge on any atom is 0.333 e. The number of hydrogen-bond donors (Lipinski definition) is 0. The summed E-state index contributed by atoms with van der Waals surface area (Å²) < 4.78 is 9.46. The summed E-state index contributed by atoms with van der Waals surface area (Å²) in [5.74, 6) is -0.0664. The monoisotopic (exact) mass is 234 g/mol. The van der Waals surface area contributed by atoms with Crippen LogP contribution in [0.2, 0.25) is 0 Å². The van der Waals surface area contributed by atoms with Crippen molar-refractivity contribution in [2.45, 2.75) is 6.42 Å². The molecule has 0 aliphatic rings. The van der Waals surface area contributed by atoms with E-state index in [-0.39, 0.29) is 17.8 Å². The third-order valence-electron chi connectivity index (χ3n) is 2.26. The molecule has 1 aromatic rings. The molecular weight excluding hydrogens is 220 g/mol. The van der Waals surface area contributed by atoms with Gasteiger partial charge in [0.1, 0.15) is 5.75 Å². The zero-order chi connectivity index (χ0) is 12.8. The van der Waals surface area contributed by atoms with Crippen LogP contribution in [0.4, 0.5) is 0 Å². The highest BCUT2D eigenvalue weighted by atomic mass is 16.5. The maximum absolute atomic E-state index is 11.8. The van der Waals surface area contributed by atoms with Crippen molar-refractivity contribution in [1.29, 1.82) is 0 Å². The fraction of sp³-hybridized carbons (Fsp3) is 0.231. The molecule has 0 saturated heterocycles. The molecule has 0 spiro atoms. The van der Waals surface area contributed by atoms with Crippen molar-refractivity contribution in [3.63, 3.8) is 0 Å². The molecule has 1 rings (SSSR count). The van der Waals surface area contributed by atoms with Crippen LogP contribution in [0, 0.1) is 0 Å². The lowest BCUT2D eigenvalue weighted by Crippen LogP contribution is -2.09. The number of hydrogen-bond acceptors (Lipinski definition) is 4. The van der Waals surface area contributed by atoms with Crippen LogP contribution >= 0.6 is 0 Å². The van der Waals surface area contributed by atoms with Gasteiger partial charge in [-0.2, -0.15) is 0 Å². The SMILES string of the molecule is C=C(CC(=O)c1ccc(OC)cc1)C(=O)OC. The zero-order valence-electron chi connectivity index (χ0n) is 9.86. The number of benzene rings is 1. The average Bonchev–Trinajstić information content (AvgIpc) is 2.37. The Hall–Kier alpha value is -2.10. The van der Waals surface area contributed by atoms with Crippen LogP contribution in [0.1, 0.15) is 16.8 Å². The van der Waals surface area contributed by atoms with E-state index in [1.54, 1.807) is 31.4 Å². The lowest BCUT2D eigenvalue weighted by Gasteiger charge is -2.04. The minimum Gasteiger partial charge on any atom is -0.497 e. The molecule has 0 radical (unpaired) electrons. The van der Waals surface area contributed by atoms with Gasteiger partial charge in [-0.15, -0.1) is 0 Å². The first-order valence-corrected chi connectivity index (χ1v) is 5.02. The second-order valence-corrected chi connectivity index (χ2v) is 3.42. The van der Waals surface area contributed by atoms with Gasteiger partial charge in [-0.1, -0.05) is 6.58 Å². The summed E-state index contributed by atoms with van der Waals surface area (Å²) in [7, 11) is 2.81. The van der Waals surface area contributed by atoms with Crippen molar-refractivity contribution >= 4 is 11.8 Å². The number of Topliss-reactive ketones (excluding diaryl/α,β-unsaturated/α-hetero) is 1. The van der Waals surface area contributed by atoms with Crippen molar-refractivity contribution in [3.8, 4) is 5.75 Å². The van der Waals surface area contributed by atoms with Gasteiger partial charge in [0.15, 0.2) is 5.78 Å². The van der Waals surface area contributed by atoms with Gasteiger partial charge in [0.25, 0.3) is 0 Å². The Labute approximate surface area is 99.8 Å². The van der Waals surface area contributed by atoms with Gasteiger partial charge in [-0.25, -0.2) is 4.79 Å². The number of methoxy groups -OCH3 is 2. The molecule has 90 valence electrons. The van der Waals surface area contributed by atoms with E-state index in [1.165, 1.54) is 7.11 Å². The average molecular weight is 234 g/mol. The summed E-state index contributed by atoms with van der Waals surface area (Å²) >= 11 is 0. The highest BCUT2D eigenvalue weighted by molar-refractivity contribution is 6.03. The topological polar surface area (TPSA) is 52.6 Å². The molecule has 1 aromatic carbocycles. The number of rotatable bonds is 5. The summed E-state index contributed by atoms with van der Waals surface area (Å²) in [6.07, 6.45) is -0.0427. The van der Waals surface area contributed by atoms with E-state index in [4.69, 9.17) is 4.74 Å². The third-order valence-corrected chi connectivity index (χ3v) is 2.26. The molecule has 0 atom stereocenters. The lowest BCUT2D eigenvalue weighted by atomic mass is 10.0. The fourth-order valence-electron chi connectivity index (χ4n) is 1.29. The molecule has 0 N–H and O–H groups in total. The van der Waals surface area contributed by atoms with Crippen molar-refractivity contribution in [1.82, 2.24) is 0 Å². The summed E-state index contributed by atoms with van der Waals surface area (Å²) in [5, 5.41) is 0. The predicted molar refractivity (Wildman–Crippen MR) is 63.1 cm³/mol. The van der Waals surface area contributed by atoms with Gasteiger partial charge in [0.2, 0.25) is 0 Å². The van der Waals surface area contributed by atoms with E-state index >= 15 is 0 Å². The largest absolute Gasteiger partial charge is 0.497 e. The second kappa shape index (κ2) is 5.84. The van der Waals surface area contributed by atoms with Crippen LogP contribution in [-0.4, -0.2) is 26.0 Å². The molecule has 0 aliphatic carbocycles. The number of ether oxygens (including phenoxy) is 2. The van der Waals surface area contributed by atoms with Gasteiger partial charge in [-0.05, 0) is 24.3 Å². The standard InChI is InChI=1S/C13H14O4/c1-9(13(15)17-3)8-12(14)10-4-6-11(16-2)7-5-10/h4-7H,1,8H2,2-3H3. The van der Waals surface area contributed by atoms with E-state index in [1.807, 2.05) is 0 Å². The molecule has 0 aromatic heterocycles. The molecule has 0 heterocycles. The van der Waals surface area contributed by atoms with Crippen LogP contribution in [-0.2, 0) is 9.53 Å². The number of carbonyl (C=O) groups excluding carboxylic acids is 2. The number of esters is 1. The van der Waals surface area contributed by atoms with Gasteiger partial charge in [-0.3, -0.25) is 4.79 Å². The minimum atomic E-state index is -0.563. The Balaban J connectivity index is 2.70. The molecule has 17 heavy (non-hydrogen) atoms. The van der Waals surface area contributed by atoms with Crippen molar-refractivity contribution in [2.24, 2.45) is 0 Å². The van der Waals surface area contributed by atoms with E-state index in [2.05, 4.69) is 11.3 Å². The highest BCUT2D eigenvalue weighted by Crippen LogP contribution is 2.14. The molecule has 4 nitrogen and oxygen atoms in total. The van der Waals surface area contributed by atoms with Crippen LogP contribution in [0.15, 0.2) is 36.4 Å². The summed E-state index contributed by atoms with van der Waals surface area (Å²) in [4.78, 5) is 22.9. The summed E-state index contributed by atoms with van der Waals surface area (Å²) in [6.45, 7) is 3.50. The molecule has 0 saturated carbocycles. The van der Waals surface area contributed by atoms with E-state index < -0.39 is 5.97 Å². The number of carbonyl (C=O) groups is 2. The Kier molecular flexibility index (Phi) is 4.46. The highest BCUT2D eigenvalue weighted by Gasteiger charge is 2.13. The van der Waals surface area contributed by atoms with Gasteiger partial charge in [0, 0.05) is 17.6 Å². The quantitative estimate of drug-likeness (QED) is 0.444. The molecule has 0 bridgehead atoms. The Bertz CT molecular complexity index is 431. The van der Waals surface area contributed by atoms with Crippen LogP contribution < -0.4 is 4.74 Å². The predicted octanol–water partition coefficient (Wildman–Crippen LogP) is 2.00. The molecule has 0 amide bonds. The minimum absolute atomic E-state index is 0.0427. The van der Waals surface area contributed by atoms with Crippen LogP contribution in [0.3, 0.4) is 0 Å². The molecular formula is C13H14O4. The molecule has 4 heteroatoms. The van der Waals surface area contributed by atoms with Gasteiger partial charge < -0.3 is 9.47 Å². The first-order chi connectivity index (χ1) is 8.08. The fourth-order valence-corrected chi connectivity index (χ4v) is 1.29. The molecule has 0 fully saturated rings. The van der Waals surface area contributed by atoms with Crippen LogP contribution in [0.25, 0.3) is 0 Å². The Morgan fingerprint density at radius 3 is 2.24 bits per heavy atom. The first-order valence-electron chi connectivity index (χ1n) is 5.02. The summed E-state index contributed by atoms with van der Waals surface area (Å²) in [5.41, 5.74) is 0.657. The van der Waals surface area contributed by atoms with Crippen LogP contribution in [0.5, 0.6) is 5.75 Å².